The number of halogens is 1. The fourth-order valence-corrected chi connectivity index (χ4v) is 6.50. The Bertz CT molecular complexity index is 1220. The molecule has 3 aliphatic rings. The van der Waals surface area contributed by atoms with E-state index >= 15 is 0 Å². The van der Waals surface area contributed by atoms with Crippen molar-refractivity contribution in [2.45, 2.75) is 44.8 Å². The SMILES string of the molecule is C#C[C@@H]1OC(=O)[C@@H]2C[C@H]3C[C@H](NC(=O)OCC)CC[C@@H]3[C@@H](/C=C/c3ccc(-c4cccc(F)c4)cn3)[C@H]12. The van der Waals surface area contributed by atoms with Crippen molar-refractivity contribution < 1.29 is 23.5 Å². The van der Waals surface area contributed by atoms with Gasteiger partial charge in [-0.1, -0.05) is 30.2 Å². The number of esters is 1. The molecule has 5 rings (SSSR count). The van der Waals surface area contributed by atoms with Gasteiger partial charge >= 0.3 is 12.1 Å². The summed E-state index contributed by atoms with van der Waals surface area (Å²) in [6.07, 6.45) is 14.0. The fourth-order valence-electron chi connectivity index (χ4n) is 6.50. The van der Waals surface area contributed by atoms with Gasteiger partial charge in [0.05, 0.1) is 18.2 Å². The Morgan fingerprint density at radius 1 is 1.27 bits per heavy atom. The number of benzene rings is 1. The number of rotatable bonds is 5. The summed E-state index contributed by atoms with van der Waals surface area (Å²) < 4.78 is 24.3. The molecule has 2 aromatic rings. The van der Waals surface area contributed by atoms with Gasteiger partial charge in [-0.05, 0) is 80.2 Å². The van der Waals surface area contributed by atoms with Crippen molar-refractivity contribution in [2.24, 2.45) is 29.6 Å². The van der Waals surface area contributed by atoms with Crippen molar-refractivity contribution in [3.63, 3.8) is 0 Å². The van der Waals surface area contributed by atoms with E-state index in [0.717, 1.165) is 42.5 Å². The molecule has 0 radical (unpaired) electrons. The molecule has 37 heavy (non-hydrogen) atoms. The molecule has 192 valence electrons. The number of cyclic esters (lactones) is 1. The van der Waals surface area contributed by atoms with Crippen molar-refractivity contribution >= 4 is 18.1 Å². The quantitative estimate of drug-likeness (QED) is 0.447. The van der Waals surface area contributed by atoms with Crippen LogP contribution in [-0.2, 0) is 14.3 Å². The first-order valence-electron chi connectivity index (χ1n) is 13.0. The molecule has 2 heterocycles. The summed E-state index contributed by atoms with van der Waals surface area (Å²) in [6, 6.07) is 10.3. The summed E-state index contributed by atoms with van der Waals surface area (Å²) in [5.41, 5.74) is 2.38. The molecule has 0 spiro atoms. The lowest BCUT2D eigenvalue weighted by atomic mass is 9.56. The minimum Gasteiger partial charge on any atom is -0.450 e. The lowest BCUT2D eigenvalue weighted by Crippen LogP contribution is -2.48. The second kappa shape index (κ2) is 10.8. The van der Waals surface area contributed by atoms with Gasteiger partial charge in [0.15, 0.2) is 6.10 Å². The van der Waals surface area contributed by atoms with Crippen LogP contribution in [0.3, 0.4) is 0 Å². The van der Waals surface area contributed by atoms with Crippen LogP contribution in [0.15, 0.2) is 48.7 Å². The number of aromatic nitrogens is 1. The van der Waals surface area contributed by atoms with Gasteiger partial charge in [0.1, 0.15) is 5.82 Å². The fraction of sp³-hybridized carbons (Fsp3) is 0.433. The third-order valence-electron chi connectivity index (χ3n) is 8.09. The summed E-state index contributed by atoms with van der Waals surface area (Å²) in [4.78, 5) is 29.3. The lowest BCUT2D eigenvalue weighted by molar-refractivity contribution is -0.143. The highest BCUT2D eigenvalue weighted by molar-refractivity contribution is 5.76. The highest BCUT2D eigenvalue weighted by atomic mass is 19.1. The van der Waals surface area contributed by atoms with E-state index in [-0.39, 0.29) is 41.5 Å². The first kappa shape index (κ1) is 25.0. The molecule has 3 fully saturated rings. The smallest absolute Gasteiger partial charge is 0.407 e. The molecular formula is C30H31FN2O4. The second-order valence-corrected chi connectivity index (χ2v) is 10.2. The van der Waals surface area contributed by atoms with Crippen molar-refractivity contribution in [3.8, 4) is 23.5 Å². The molecular weight excluding hydrogens is 471 g/mol. The number of alkyl carbamates (subject to hydrolysis) is 1. The van der Waals surface area contributed by atoms with E-state index in [1.165, 1.54) is 12.1 Å². The number of hydrogen-bond acceptors (Lipinski definition) is 5. The number of carbonyl (C=O) groups is 2. The Balaban J connectivity index is 1.36. The molecule has 1 saturated heterocycles. The van der Waals surface area contributed by atoms with Crippen molar-refractivity contribution in [1.82, 2.24) is 10.3 Å². The average molecular weight is 503 g/mol. The number of terminal acetylenes is 1. The number of fused-ring (bicyclic) bond motifs is 2. The maximum Gasteiger partial charge on any atom is 0.407 e. The van der Waals surface area contributed by atoms with Crippen LogP contribution >= 0.6 is 0 Å². The molecule has 7 atom stereocenters. The molecule has 0 bridgehead atoms. The standard InChI is InChI=1S/C30H31FN2O4/c1-3-27-28-25(13-10-22-9-8-19(17-32-22)18-6-5-7-21(31)14-18)24-12-11-23(33-30(35)36-4-2)15-20(24)16-26(28)29(34)37-27/h1,5-10,13-14,17,20,23-28H,4,11-12,15-16H2,2H3,(H,33,35)/b13-10+/t20-,23-,24+,25-,26-,27+,28+/m1/s1. The molecule has 7 heteroatoms. The van der Waals surface area contributed by atoms with Gasteiger partial charge in [-0.15, -0.1) is 6.42 Å². The zero-order valence-electron chi connectivity index (χ0n) is 20.8. The molecule has 1 aromatic carbocycles. The predicted molar refractivity (Wildman–Crippen MR) is 137 cm³/mol. The van der Waals surface area contributed by atoms with Crippen molar-refractivity contribution in [2.75, 3.05) is 6.61 Å². The van der Waals surface area contributed by atoms with Gasteiger partial charge in [-0.3, -0.25) is 9.78 Å². The summed E-state index contributed by atoms with van der Waals surface area (Å²) in [5, 5.41) is 2.98. The summed E-state index contributed by atoms with van der Waals surface area (Å²) in [5.74, 6) is 2.53. The second-order valence-electron chi connectivity index (χ2n) is 10.2. The van der Waals surface area contributed by atoms with E-state index in [0.29, 0.717) is 12.5 Å². The number of hydrogen-bond donors (Lipinski definition) is 1. The van der Waals surface area contributed by atoms with Crippen LogP contribution in [0.1, 0.15) is 38.3 Å². The van der Waals surface area contributed by atoms with Gasteiger partial charge in [-0.25, -0.2) is 9.18 Å². The van der Waals surface area contributed by atoms with E-state index in [1.807, 2.05) is 24.3 Å². The summed E-state index contributed by atoms with van der Waals surface area (Å²) in [6.45, 7) is 2.12. The topological polar surface area (TPSA) is 77.5 Å². The third-order valence-corrected chi connectivity index (χ3v) is 8.09. The Kier molecular flexibility index (Phi) is 7.27. The van der Waals surface area contributed by atoms with Crippen LogP contribution < -0.4 is 5.32 Å². The number of pyridine rings is 1. The Morgan fingerprint density at radius 2 is 2.14 bits per heavy atom. The number of ether oxygens (including phenoxy) is 2. The monoisotopic (exact) mass is 502 g/mol. The van der Waals surface area contributed by atoms with Crippen LogP contribution in [0.25, 0.3) is 17.2 Å². The molecule has 1 N–H and O–H groups in total. The summed E-state index contributed by atoms with van der Waals surface area (Å²) >= 11 is 0. The molecule has 6 nitrogen and oxygen atoms in total. The molecule has 1 aromatic heterocycles. The Hall–Kier alpha value is -3.66. The molecule has 0 unspecified atom stereocenters. The molecule has 2 aliphatic carbocycles. The number of allylic oxidation sites excluding steroid dienone is 1. The number of nitrogens with zero attached hydrogens (tertiary/aromatic N) is 1. The van der Waals surface area contributed by atoms with Crippen LogP contribution in [0.5, 0.6) is 0 Å². The summed E-state index contributed by atoms with van der Waals surface area (Å²) in [7, 11) is 0. The van der Waals surface area contributed by atoms with E-state index in [1.54, 1.807) is 19.2 Å². The van der Waals surface area contributed by atoms with Crippen LogP contribution in [0.2, 0.25) is 0 Å². The average Bonchev–Trinajstić information content (AvgIpc) is 3.22. The molecule has 1 amide bonds. The Labute approximate surface area is 216 Å². The van der Waals surface area contributed by atoms with Crippen LogP contribution in [0.4, 0.5) is 9.18 Å². The van der Waals surface area contributed by atoms with E-state index in [9.17, 15) is 14.0 Å². The maximum absolute atomic E-state index is 13.6. The highest BCUT2D eigenvalue weighted by Gasteiger charge is 2.55. The first-order valence-corrected chi connectivity index (χ1v) is 13.0. The van der Waals surface area contributed by atoms with Gasteiger partial charge in [0.2, 0.25) is 0 Å². The highest BCUT2D eigenvalue weighted by Crippen LogP contribution is 2.53. The van der Waals surface area contributed by atoms with Crippen LogP contribution in [0, 0.1) is 47.8 Å². The van der Waals surface area contributed by atoms with Crippen molar-refractivity contribution in [3.05, 3.63) is 60.2 Å². The Morgan fingerprint density at radius 3 is 2.86 bits per heavy atom. The zero-order chi connectivity index (χ0) is 25.9. The van der Waals surface area contributed by atoms with Gasteiger partial charge in [0, 0.05) is 23.7 Å². The van der Waals surface area contributed by atoms with Gasteiger partial charge in [0.25, 0.3) is 0 Å². The number of amides is 1. The largest absolute Gasteiger partial charge is 0.450 e. The zero-order valence-corrected chi connectivity index (χ0v) is 20.8. The normalized spacial score (nSPS) is 30.6. The maximum atomic E-state index is 13.6. The van der Waals surface area contributed by atoms with E-state index < -0.39 is 12.2 Å². The van der Waals surface area contributed by atoms with E-state index in [4.69, 9.17) is 15.9 Å². The number of carbonyl (C=O) groups excluding carboxylic acids is 2. The van der Waals surface area contributed by atoms with Gasteiger partial charge in [-0.2, -0.15) is 0 Å². The third kappa shape index (κ3) is 5.24. The molecule has 1 aliphatic heterocycles. The van der Waals surface area contributed by atoms with Gasteiger partial charge < -0.3 is 14.8 Å². The predicted octanol–water partition coefficient (Wildman–Crippen LogP) is 5.24. The lowest BCUT2D eigenvalue weighted by Gasteiger charge is -2.47. The minimum atomic E-state index is -0.535. The van der Waals surface area contributed by atoms with Crippen LogP contribution in [-0.4, -0.2) is 35.8 Å². The van der Waals surface area contributed by atoms with Crippen molar-refractivity contribution in [1.29, 1.82) is 0 Å². The number of nitrogens with one attached hydrogen (secondary N) is 1. The minimum absolute atomic E-state index is 0.0272. The van der Waals surface area contributed by atoms with E-state index in [2.05, 4.69) is 22.3 Å². The first-order chi connectivity index (χ1) is 18.0. The molecule has 2 saturated carbocycles.